The molecule has 630 valence electrons. The Kier molecular flexibility index (Phi) is 34.7. The third-order valence-electron chi connectivity index (χ3n) is 21.9. The van der Waals surface area contributed by atoms with Crippen molar-refractivity contribution in [1.82, 2.24) is 44.1 Å². The molecule has 0 saturated carbocycles. The van der Waals surface area contributed by atoms with Crippen molar-refractivity contribution in [3.8, 4) is 0 Å². The highest BCUT2D eigenvalue weighted by molar-refractivity contribution is 6.33. The van der Waals surface area contributed by atoms with E-state index in [-0.39, 0.29) is 89.2 Å². The zero-order valence-electron chi connectivity index (χ0n) is 66.5. The molecule has 25 nitrogen and oxygen atoms in total. The molecule has 114 heavy (non-hydrogen) atoms. The highest BCUT2D eigenvalue weighted by Gasteiger charge is 2.43. The maximum Gasteiger partial charge on any atom is 0.418 e. The number of rotatable bonds is 26. The maximum atomic E-state index is 14.2. The van der Waals surface area contributed by atoms with E-state index in [1.54, 1.807) is 28.5 Å². The maximum absolute atomic E-state index is 14.2. The molecule has 0 aromatic heterocycles. The molecule has 4 aromatic carbocycles. The lowest BCUT2D eigenvalue weighted by Gasteiger charge is -2.45. The quantitative estimate of drug-likeness (QED) is 0.0149. The summed E-state index contributed by atoms with van der Waals surface area (Å²) in [4.78, 5) is 121. The first-order valence-corrected chi connectivity index (χ1v) is 40.7. The second-order valence-electron chi connectivity index (χ2n) is 29.8. The normalized spacial score (nSPS) is 18.1. The highest BCUT2D eigenvalue weighted by Crippen LogP contribution is 2.41. The van der Waals surface area contributed by atoms with Crippen LogP contribution in [-0.2, 0) is 76.2 Å². The molecule has 0 spiro atoms. The van der Waals surface area contributed by atoms with E-state index >= 15 is 0 Å². The van der Waals surface area contributed by atoms with Crippen molar-refractivity contribution >= 4 is 94.0 Å². The number of amides is 8. The Hall–Kier alpha value is -8.52. The first-order chi connectivity index (χ1) is 54.3. The topological polar surface area (TPSA) is 279 Å². The summed E-state index contributed by atoms with van der Waals surface area (Å²) in [6.07, 6.45) is -3.28. The molecule has 6 N–H and O–H groups in total. The van der Waals surface area contributed by atoms with Gasteiger partial charge in [0.25, 0.3) is 11.8 Å². The molecule has 6 heterocycles. The number of benzene rings is 4. The van der Waals surface area contributed by atoms with E-state index in [9.17, 15) is 64.7 Å². The summed E-state index contributed by atoms with van der Waals surface area (Å²) in [5.41, 5.74) is 11.5. The molecule has 0 aliphatic carbocycles. The number of para-hydroxylation sites is 2. The molecule has 0 bridgehead atoms. The van der Waals surface area contributed by atoms with Gasteiger partial charge in [-0.15, -0.1) is 0 Å². The molecule has 3 atom stereocenters. The van der Waals surface area contributed by atoms with E-state index in [2.05, 4.69) is 39.2 Å². The number of esters is 2. The van der Waals surface area contributed by atoms with E-state index in [1.165, 1.54) is 46.1 Å². The SMILES string of the molecule is CCCCCCOC(=O)CCN(C)CC.CCCCOC(=O)[C@@H]1CN(C)CCN1C1CCN(C(=O)[C@@H](Cc2cc(Cl)c(N)c(C(F)(F)F)c2)OC(=O)N2CCC(N3CCc4ccccc4NC3=O)CC2)CC1.CCN(CC)C(=O)[C@@H](Cc1cc(Cl)c(N)c(C(F)(F)F)c1)OC(=O)N1CCC(N2CCc3ccccc3NC2=O)CC1. The highest BCUT2D eigenvalue weighted by atomic mass is 35.5. The number of ether oxygens (including phenoxy) is 4. The van der Waals surface area contributed by atoms with Gasteiger partial charge in [0, 0.05) is 134 Å². The van der Waals surface area contributed by atoms with E-state index < -0.39 is 77.1 Å². The number of carbonyl (C=O) groups is 8. The third kappa shape index (κ3) is 25.7. The van der Waals surface area contributed by atoms with Crippen LogP contribution in [0.1, 0.15) is 151 Å². The number of hydrogen-bond acceptors (Lipinski definition) is 17. The van der Waals surface area contributed by atoms with Crippen LogP contribution in [0.15, 0.2) is 72.8 Å². The summed E-state index contributed by atoms with van der Waals surface area (Å²) in [5, 5.41) is 5.32. The van der Waals surface area contributed by atoms with Gasteiger partial charge in [-0.3, -0.25) is 24.1 Å². The Morgan fingerprint density at radius 1 is 0.561 bits per heavy atom. The van der Waals surface area contributed by atoms with Crippen molar-refractivity contribution in [3.05, 3.63) is 116 Å². The lowest BCUT2D eigenvalue weighted by atomic mass is 9.97. The summed E-state index contributed by atoms with van der Waals surface area (Å²) < 4.78 is 105. The second kappa shape index (κ2) is 43.4. The number of urea groups is 2. The number of piperidine rings is 3. The Balaban J connectivity index is 0.000000249. The van der Waals surface area contributed by atoms with Crippen molar-refractivity contribution in [2.24, 2.45) is 0 Å². The average molecular weight is 1650 g/mol. The van der Waals surface area contributed by atoms with Crippen LogP contribution < -0.4 is 22.1 Å². The number of halogens is 8. The summed E-state index contributed by atoms with van der Waals surface area (Å²) >= 11 is 12.1. The van der Waals surface area contributed by atoms with Gasteiger partial charge in [-0.2, -0.15) is 26.3 Å². The molecule has 0 unspecified atom stereocenters. The molecule has 0 radical (unpaired) electrons. The third-order valence-corrected chi connectivity index (χ3v) is 22.6. The second-order valence-corrected chi connectivity index (χ2v) is 30.6. The Morgan fingerprint density at radius 3 is 1.49 bits per heavy atom. The molecular weight excluding hydrogens is 1530 g/mol. The minimum atomic E-state index is -4.80. The van der Waals surface area contributed by atoms with Crippen molar-refractivity contribution in [2.75, 3.05) is 148 Å². The van der Waals surface area contributed by atoms with Crippen molar-refractivity contribution < 1.29 is 83.6 Å². The standard InChI is InChI=1S/C40H53ClF3N7O6.C29H35ClF3N5O4.C12H25NO2/c1-3-4-21-56-37(53)33-25-47(2)19-20-50(33)28-10-14-48(15-11-28)36(52)34(24-26-22-30(40(42,43)44)35(45)31(41)23-26)57-39(55)49-16-12-29(13-17-49)51-18-9-27-7-5-6-8-32(27)46-38(51)54;1-3-36(4-2)26(39)24(17-18-15-21(29(31,32)33)25(34)22(30)16-18)42-28(41)37-12-10-20(11-13-37)38-14-9-19-7-5-6-8-23(19)35-27(38)40;1-4-6-7-8-11-15-12(14)9-10-13(3)5-2/h5-8,22-23,28-29,33-34H,3-4,9-21,24-25,45H2,1-2H3,(H,46,54);5-8,15-16,20,24H,3-4,9-14,17,34H2,1-2H3,(H,35,40);4-11H2,1-3H3/t33-,34+;24-;/m01./s1. The average Bonchev–Trinajstić information content (AvgIpc) is 0.832. The molecule has 10 rings (SSSR count). The van der Waals surface area contributed by atoms with Crippen LogP contribution in [0, 0.1) is 0 Å². The van der Waals surface area contributed by atoms with Crippen LogP contribution in [0.3, 0.4) is 0 Å². The van der Waals surface area contributed by atoms with Gasteiger partial charge in [-0.25, -0.2) is 19.2 Å². The first-order valence-electron chi connectivity index (χ1n) is 39.9. The van der Waals surface area contributed by atoms with Gasteiger partial charge < -0.3 is 80.2 Å². The number of hydrogen-bond donors (Lipinski definition) is 4. The molecule has 4 aromatic rings. The summed E-state index contributed by atoms with van der Waals surface area (Å²) in [6, 6.07) is 18.4. The molecule has 4 fully saturated rings. The fourth-order valence-electron chi connectivity index (χ4n) is 15.0. The fraction of sp³-hybridized carbons (Fsp3) is 0.605. The molecule has 6 aliphatic heterocycles. The number of nitrogens with two attached hydrogens (primary N) is 2. The molecule has 33 heteroatoms. The molecule has 8 amide bonds. The Labute approximate surface area is 674 Å². The number of nitrogen functional groups attached to an aromatic ring is 2. The van der Waals surface area contributed by atoms with Crippen LogP contribution in [0.25, 0.3) is 0 Å². The van der Waals surface area contributed by atoms with E-state index in [0.717, 1.165) is 73.5 Å². The van der Waals surface area contributed by atoms with Crippen LogP contribution in [0.2, 0.25) is 10.0 Å². The number of likely N-dealkylation sites (tertiary alicyclic amines) is 3. The molecule has 4 saturated heterocycles. The first kappa shape index (κ1) is 91.0. The number of likely N-dealkylation sites (N-methyl/N-ethyl adjacent to an activating group) is 2. The van der Waals surface area contributed by atoms with E-state index in [0.29, 0.717) is 136 Å². The number of piperazine rings is 1. The van der Waals surface area contributed by atoms with Gasteiger partial charge in [-0.1, -0.05) is 106 Å². The van der Waals surface area contributed by atoms with Gasteiger partial charge in [0.1, 0.15) is 6.04 Å². The smallest absolute Gasteiger partial charge is 0.418 e. The largest absolute Gasteiger partial charge is 0.466 e. The predicted octanol–water partition coefficient (Wildman–Crippen LogP) is 13.4. The summed E-state index contributed by atoms with van der Waals surface area (Å²) in [7, 11) is 3.97. The van der Waals surface area contributed by atoms with Gasteiger partial charge in [0.2, 0.25) is 0 Å². The lowest BCUT2D eigenvalue weighted by Crippen LogP contribution is -2.61. The van der Waals surface area contributed by atoms with Gasteiger partial charge in [0.05, 0.1) is 52.2 Å². The van der Waals surface area contributed by atoms with Crippen LogP contribution in [0.5, 0.6) is 0 Å². The molecular formula is C81H113Cl2F6N13O12. The van der Waals surface area contributed by atoms with Crippen LogP contribution in [0.4, 0.5) is 68.3 Å². The number of nitrogens with one attached hydrogen (secondary N) is 2. The number of unbranched alkanes of at least 4 members (excludes halogenated alkanes) is 4. The fourth-order valence-corrected chi connectivity index (χ4v) is 15.5. The van der Waals surface area contributed by atoms with Crippen molar-refractivity contribution in [1.29, 1.82) is 0 Å². The van der Waals surface area contributed by atoms with Gasteiger partial charge in [-0.05, 0) is 157 Å². The summed E-state index contributed by atoms with van der Waals surface area (Å²) in [5.74, 6) is -1.38. The van der Waals surface area contributed by atoms with Crippen LogP contribution in [-0.4, -0.2) is 254 Å². The number of nitrogens with zero attached hydrogens (tertiary/aromatic N) is 9. The number of fused-ring (bicyclic) bond motifs is 2. The predicted molar refractivity (Wildman–Crippen MR) is 425 cm³/mol. The number of carbonyl (C=O) groups excluding carboxylic acids is 8. The minimum absolute atomic E-state index is 0.000491. The van der Waals surface area contributed by atoms with E-state index in [4.69, 9.17) is 53.6 Å². The monoisotopic (exact) mass is 1640 g/mol. The number of alkyl halides is 6. The van der Waals surface area contributed by atoms with Crippen LogP contribution >= 0.6 is 23.2 Å². The van der Waals surface area contributed by atoms with Crippen molar-refractivity contribution in [2.45, 2.75) is 193 Å². The van der Waals surface area contributed by atoms with Crippen molar-refractivity contribution in [3.63, 3.8) is 0 Å². The minimum Gasteiger partial charge on any atom is -0.466 e. The lowest BCUT2D eigenvalue weighted by molar-refractivity contribution is -0.155. The zero-order valence-corrected chi connectivity index (χ0v) is 68.0. The zero-order chi connectivity index (χ0) is 83.0. The van der Waals surface area contributed by atoms with E-state index in [1.807, 2.05) is 69.6 Å². The number of anilines is 4. The Bertz CT molecular complexity index is 3880. The van der Waals surface area contributed by atoms with Gasteiger partial charge >= 0.3 is 48.5 Å². The molecule has 6 aliphatic rings. The summed E-state index contributed by atoms with van der Waals surface area (Å²) in [6.45, 7) is 17.9. The Morgan fingerprint density at radius 2 is 1.02 bits per heavy atom. The van der Waals surface area contributed by atoms with Gasteiger partial charge in [0.15, 0.2) is 12.2 Å².